The molecular weight excluding hydrogens is 270 g/mol. The van der Waals surface area contributed by atoms with Gasteiger partial charge in [0.1, 0.15) is 0 Å². The highest BCUT2D eigenvalue weighted by Gasteiger charge is 2.42. The summed E-state index contributed by atoms with van der Waals surface area (Å²) in [5, 5.41) is 9.01. The van der Waals surface area contributed by atoms with Crippen molar-refractivity contribution in [1.29, 1.82) is 0 Å². The molecule has 1 saturated heterocycles. The number of rotatable bonds is 5. The first-order valence-electron chi connectivity index (χ1n) is 6.76. The summed E-state index contributed by atoms with van der Waals surface area (Å²) in [4.78, 5) is 11.4. The van der Waals surface area contributed by atoms with Crippen LogP contribution in [0.2, 0.25) is 0 Å². The van der Waals surface area contributed by atoms with Crippen molar-refractivity contribution in [2.24, 2.45) is 5.41 Å². The normalized spacial score (nSPS) is 24.4. The molecule has 1 saturated carbocycles. The number of carboxylic acids is 1. The van der Waals surface area contributed by atoms with E-state index in [0.29, 0.717) is 38.9 Å². The molecule has 6 nitrogen and oxygen atoms in total. The first kappa shape index (κ1) is 14.7. The molecule has 0 radical (unpaired) electrons. The highest BCUT2D eigenvalue weighted by Crippen LogP contribution is 2.31. The molecule has 0 unspecified atom stereocenters. The molecule has 19 heavy (non-hydrogen) atoms. The van der Waals surface area contributed by atoms with E-state index in [4.69, 9.17) is 4.74 Å². The Kier molecular flexibility index (Phi) is 4.47. The second-order valence-electron chi connectivity index (χ2n) is 5.47. The third-order valence-corrected chi connectivity index (χ3v) is 6.15. The summed E-state index contributed by atoms with van der Waals surface area (Å²) in [5.41, 5.74) is -1.01. The smallest absolute Gasteiger partial charge is 0.311 e. The van der Waals surface area contributed by atoms with Crippen molar-refractivity contribution in [1.82, 2.24) is 4.72 Å². The fourth-order valence-corrected chi connectivity index (χ4v) is 4.45. The van der Waals surface area contributed by atoms with E-state index in [-0.39, 0.29) is 11.8 Å². The van der Waals surface area contributed by atoms with Gasteiger partial charge in [-0.05, 0) is 25.7 Å². The van der Waals surface area contributed by atoms with E-state index in [1.165, 1.54) is 0 Å². The minimum absolute atomic E-state index is 0.0233. The van der Waals surface area contributed by atoms with Crippen LogP contribution in [0.25, 0.3) is 0 Å². The quantitative estimate of drug-likeness (QED) is 0.779. The molecule has 2 fully saturated rings. The number of nitrogens with one attached hydrogen (secondary N) is 1. The molecule has 0 spiro atoms. The Bertz CT molecular complexity index is 421. The number of aliphatic carboxylic acids is 1. The van der Waals surface area contributed by atoms with Crippen LogP contribution in [0.15, 0.2) is 0 Å². The van der Waals surface area contributed by atoms with Crippen LogP contribution in [0.1, 0.15) is 38.5 Å². The predicted molar refractivity (Wildman–Crippen MR) is 69.3 cm³/mol. The SMILES string of the molecule is O=C(O)C1(CNS(=O)(=O)C2CCCC2)CCOCC1. The van der Waals surface area contributed by atoms with Crippen molar-refractivity contribution in [2.45, 2.75) is 43.8 Å². The molecule has 110 valence electrons. The van der Waals surface area contributed by atoms with E-state index in [0.717, 1.165) is 12.8 Å². The average molecular weight is 291 g/mol. The van der Waals surface area contributed by atoms with Gasteiger partial charge in [-0.25, -0.2) is 13.1 Å². The second-order valence-corrected chi connectivity index (χ2v) is 7.52. The standard InChI is InChI=1S/C12H21NO5S/c14-11(15)12(5-7-18-8-6-12)9-13-19(16,17)10-3-1-2-4-10/h10,13H,1-9H2,(H,14,15). The van der Waals surface area contributed by atoms with Gasteiger partial charge < -0.3 is 9.84 Å². The van der Waals surface area contributed by atoms with E-state index >= 15 is 0 Å². The van der Waals surface area contributed by atoms with Crippen LogP contribution in [0.4, 0.5) is 0 Å². The van der Waals surface area contributed by atoms with E-state index in [9.17, 15) is 18.3 Å². The van der Waals surface area contributed by atoms with Crippen molar-refractivity contribution in [3.05, 3.63) is 0 Å². The van der Waals surface area contributed by atoms with E-state index < -0.39 is 21.4 Å². The lowest BCUT2D eigenvalue weighted by Crippen LogP contribution is -2.48. The maximum atomic E-state index is 12.1. The molecule has 0 bridgehead atoms. The van der Waals surface area contributed by atoms with Crippen LogP contribution in [0.3, 0.4) is 0 Å². The Balaban J connectivity index is 2.00. The minimum atomic E-state index is -3.39. The number of carbonyl (C=O) groups is 1. The fraction of sp³-hybridized carbons (Fsp3) is 0.917. The molecule has 1 heterocycles. The van der Waals surface area contributed by atoms with Gasteiger partial charge in [0.25, 0.3) is 0 Å². The Morgan fingerprint density at radius 2 is 1.84 bits per heavy atom. The molecule has 0 aromatic heterocycles. The molecule has 2 rings (SSSR count). The van der Waals surface area contributed by atoms with Crippen LogP contribution in [-0.2, 0) is 19.6 Å². The first-order valence-corrected chi connectivity index (χ1v) is 8.31. The van der Waals surface area contributed by atoms with Crippen LogP contribution < -0.4 is 4.72 Å². The van der Waals surface area contributed by atoms with Crippen molar-refractivity contribution in [3.8, 4) is 0 Å². The summed E-state index contributed by atoms with van der Waals surface area (Å²) in [7, 11) is -3.39. The molecule has 0 amide bonds. The zero-order valence-electron chi connectivity index (χ0n) is 10.9. The molecule has 1 aliphatic heterocycles. The topological polar surface area (TPSA) is 92.7 Å². The summed E-state index contributed by atoms with van der Waals surface area (Å²) < 4.78 is 31.9. The fourth-order valence-electron chi connectivity index (χ4n) is 2.78. The van der Waals surface area contributed by atoms with Gasteiger partial charge in [0.05, 0.1) is 10.7 Å². The largest absolute Gasteiger partial charge is 0.481 e. The van der Waals surface area contributed by atoms with Gasteiger partial charge in [0, 0.05) is 19.8 Å². The summed E-state index contributed by atoms with van der Waals surface area (Å²) >= 11 is 0. The molecule has 0 atom stereocenters. The van der Waals surface area contributed by atoms with Gasteiger partial charge in [0.2, 0.25) is 10.0 Å². The van der Waals surface area contributed by atoms with Gasteiger partial charge in [-0.3, -0.25) is 4.79 Å². The van der Waals surface area contributed by atoms with E-state index in [1.807, 2.05) is 0 Å². The Labute approximate surface area is 113 Å². The Morgan fingerprint density at radius 1 is 1.26 bits per heavy atom. The summed E-state index contributed by atoms with van der Waals surface area (Å²) in [6, 6.07) is 0. The molecule has 0 aromatic rings. The van der Waals surface area contributed by atoms with Gasteiger partial charge in [-0.1, -0.05) is 12.8 Å². The number of carboxylic acid groups (broad SMARTS) is 1. The van der Waals surface area contributed by atoms with Gasteiger partial charge in [0.15, 0.2) is 0 Å². The van der Waals surface area contributed by atoms with Crippen LogP contribution in [-0.4, -0.2) is 44.5 Å². The number of hydrogen-bond donors (Lipinski definition) is 2. The molecular formula is C12H21NO5S. The highest BCUT2D eigenvalue weighted by atomic mass is 32.2. The number of hydrogen-bond acceptors (Lipinski definition) is 4. The predicted octanol–water partition coefficient (Wildman–Crippen LogP) is 0.730. The maximum Gasteiger partial charge on any atom is 0.311 e. The summed E-state index contributed by atoms with van der Waals surface area (Å²) in [6.07, 6.45) is 3.94. The first-order chi connectivity index (χ1) is 8.96. The average Bonchev–Trinajstić information content (AvgIpc) is 2.92. The monoisotopic (exact) mass is 291 g/mol. The second kappa shape index (κ2) is 5.76. The van der Waals surface area contributed by atoms with E-state index in [1.54, 1.807) is 0 Å². The summed E-state index contributed by atoms with van der Waals surface area (Å²) in [6.45, 7) is 0.722. The third kappa shape index (κ3) is 3.27. The van der Waals surface area contributed by atoms with Crippen molar-refractivity contribution < 1.29 is 23.1 Å². The van der Waals surface area contributed by atoms with Crippen molar-refractivity contribution >= 4 is 16.0 Å². The molecule has 2 aliphatic rings. The van der Waals surface area contributed by atoms with Gasteiger partial charge >= 0.3 is 5.97 Å². The lowest BCUT2D eigenvalue weighted by molar-refractivity contribution is -0.154. The van der Waals surface area contributed by atoms with Crippen LogP contribution in [0, 0.1) is 5.41 Å². The van der Waals surface area contributed by atoms with Gasteiger partial charge in [-0.15, -0.1) is 0 Å². The zero-order chi connectivity index (χ0) is 13.9. The summed E-state index contributed by atoms with van der Waals surface area (Å²) in [5.74, 6) is -0.940. The van der Waals surface area contributed by atoms with Crippen molar-refractivity contribution in [3.63, 3.8) is 0 Å². The maximum absolute atomic E-state index is 12.1. The molecule has 0 aromatic carbocycles. The molecule has 7 heteroatoms. The number of sulfonamides is 1. The molecule has 1 aliphatic carbocycles. The van der Waals surface area contributed by atoms with Crippen molar-refractivity contribution in [2.75, 3.05) is 19.8 Å². The minimum Gasteiger partial charge on any atom is -0.481 e. The zero-order valence-corrected chi connectivity index (χ0v) is 11.7. The lowest BCUT2D eigenvalue weighted by Gasteiger charge is -2.33. The van der Waals surface area contributed by atoms with Crippen LogP contribution in [0.5, 0.6) is 0 Å². The van der Waals surface area contributed by atoms with E-state index in [2.05, 4.69) is 4.72 Å². The highest BCUT2D eigenvalue weighted by molar-refractivity contribution is 7.90. The van der Waals surface area contributed by atoms with Crippen LogP contribution >= 0.6 is 0 Å². The van der Waals surface area contributed by atoms with Gasteiger partial charge in [-0.2, -0.15) is 0 Å². The lowest BCUT2D eigenvalue weighted by atomic mass is 9.80. The molecule has 2 N–H and O–H groups in total. The number of ether oxygens (including phenoxy) is 1. The third-order valence-electron chi connectivity index (χ3n) is 4.26. The Hall–Kier alpha value is -0.660. The Morgan fingerprint density at radius 3 is 2.37 bits per heavy atom.